The van der Waals surface area contributed by atoms with E-state index < -0.39 is 9.84 Å². The molecule has 8 heteroatoms. The van der Waals surface area contributed by atoms with E-state index in [2.05, 4.69) is 4.99 Å². The molecule has 2 aromatic rings. The van der Waals surface area contributed by atoms with Gasteiger partial charge in [0.1, 0.15) is 5.82 Å². The summed E-state index contributed by atoms with van der Waals surface area (Å²) in [5, 5.41) is 1.44. The fourth-order valence-corrected chi connectivity index (χ4v) is 6.55. The lowest BCUT2D eigenvalue weighted by Crippen LogP contribution is -2.39. The van der Waals surface area contributed by atoms with Crippen molar-refractivity contribution in [1.82, 2.24) is 0 Å². The molecule has 2 aliphatic heterocycles. The first-order valence-electron chi connectivity index (χ1n) is 8.12. The van der Waals surface area contributed by atoms with Crippen molar-refractivity contribution in [1.29, 1.82) is 0 Å². The maximum absolute atomic E-state index is 13.3. The van der Waals surface area contributed by atoms with E-state index in [9.17, 15) is 12.8 Å². The molecule has 2 atom stereocenters. The van der Waals surface area contributed by atoms with Crippen LogP contribution in [-0.4, -0.2) is 37.2 Å². The topological polar surface area (TPSA) is 49.7 Å². The fraction of sp³-hybridized carbons (Fsp3) is 0.278. The fourth-order valence-electron chi connectivity index (χ4n) is 3.29. The minimum absolute atomic E-state index is 0.0610. The van der Waals surface area contributed by atoms with E-state index in [1.165, 1.54) is 23.9 Å². The van der Waals surface area contributed by atoms with Gasteiger partial charge in [-0.2, -0.15) is 0 Å². The van der Waals surface area contributed by atoms with Crippen molar-refractivity contribution >= 4 is 44.1 Å². The van der Waals surface area contributed by atoms with Gasteiger partial charge in [0.2, 0.25) is 0 Å². The summed E-state index contributed by atoms with van der Waals surface area (Å²) in [5.74, 6) is 0.425. The zero-order valence-corrected chi connectivity index (χ0v) is 16.1. The van der Waals surface area contributed by atoms with Gasteiger partial charge in [0.25, 0.3) is 0 Å². The second kappa shape index (κ2) is 6.87. The highest BCUT2D eigenvalue weighted by atomic mass is 35.5. The van der Waals surface area contributed by atoms with E-state index in [4.69, 9.17) is 11.6 Å². The highest BCUT2D eigenvalue weighted by Crippen LogP contribution is 2.36. The monoisotopic (exact) mass is 410 g/mol. The second-order valence-electron chi connectivity index (χ2n) is 6.35. The summed E-state index contributed by atoms with van der Waals surface area (Å²) in [5.41, 5.74) is 1.74. The molecule has 0 bridgehead atoms. The molecule has 0 N–H and O–H groups in total. The van der Waals surface area contributed by atoms with Gasteiger partial charge in [-0.1, -0.05) is 41.6 Å². The van der Waals surface area contributed by atoms with Crippen molar-refractivity contribution in [2.24, 2.45) is 4.99 Å². The number of nitrogens with zero attached hydrogens (tertiary/aromatic N) is 2. The lowest BCUT2D eigenvalue weighted by atomic mass is 10.1. The minimum atomic E-state index is -3.11. The van der Waals surface area contributed by atoms with E-state index in [1.807, 2.05) is 29.2 Å². The Balaban J connectivity index is 1.63. The van der Waals surface area contributed by atoms with Crippen molar-refractivity contribution < 1.29 is 12.8 Å². The Morgan fingerprint density at radius 2 is 1.88 bits per heavy atom. The average molecular weight is 411 g/mol. The van der Waals surface area contributed by atoms with Crippen LogP contribution in [0.3, 0.4) is 0 Å². The van der Waals surface area contributed by atoms with Crippen molar-refractivity contribution in [2.75, 3.05) is 16.4 Å². The lowest BCUT2D eigenvalue weighted by molar-refractivity contribution is 0.601. The molecule has 4 nitrogen and oxygen atoms in total. The smallest absolute Gasteiger partial charge is 0.164 e. The molecule has 2 aliphatic rings. The first-order valence-corrected chi connectivity index (χ1v) is 11.3. The zero-order valence-electron chi connectivity index (χ0n) is 13.7. The molecule has 0 spiro atoms. The molecule has 0 aromatic heterocycles. The molecule has 2 aromatic carbocycles. The van der Waals surface area contributed by atoms with Crippen LogP contribution in [0.1, 0.15) is 5.56 Å². The maximum Gasteiger partial charge on any atom is 0.164 e. The molecule has 4 rings (SSSR count). The molecule has 1 saturated heterocycles. The van der Waals surface area contributed by atoms with Crippen molar-refractivity contribution in [3.63, 3.8) is 0 Å². The Hall–Kier alpha value is -1.57. The highest BCUT2D eigenvalue weighted by molar-refractivity contribution is 8.13. The van der Waals surface area contributed by atoms with E-state index in [1.54, 1.807) is 12.1 Å². The number of hydrogen-bond acceptors (Lipinski definition) is 5. The van der Waals surface area contributed by atoms with Crippen LogP contribution < -0.4 is 4.90 Å². The number of thioether (sulfide) groups is 1. The van der Waals surface area contributed by atoms with Gasteiger partial charge in [-0.05, 0) is 35.9 Å². The molecule has 26 heavy (non-hydrogen) atoms. The van der Waals surface area contributed by atoms with Crippen LogP contribution in [0.15, 0.2) is 53.5 Å². The molecule has 1 fully saturated rings. The van der Waals surface area contributed by atoms with Crippen LogP contribution in [0.2, 0.25) is 5.02 Å². The maximum atomic E-state index is 13.3. The molecule has 0 saturated carbocycles. The first kappa shape index (κ1) is 17.8. The molecule has 136 valence electrons. The van der Waals surface area contributed by atoms with Gasteiger partial charge in [0.05, 0.1) is 23.6 Å². The summed E-state index contributed by atoms with van der Waals surface area (Å²) in [6.45, 7) is 0. The molecular weight excluding hydrogens is 395 g/mol. The number of hydrogen-bond donors (Lipinski definition) is 0. The quantitative estimate of drug-likeness (QED) is 0.773. The summed E-state index contributed by atoms with van der Waals surface area (Å²) in [7, 11) is -3.11. The van der Waals surface area contributed by atoms with Crippen LogP contribution in [0, 0.1) is 5.82 Å². The standard InChI is InChI=1S/C18H16ClFN2O2S2/c19-15-4-2-1-3-12(15)9-25-18-21-16-10-26(23,24)11-17(16)22(18)14-7-5-13(20)6-8-14/h1-8,16-17H,9-11H2. The molecule has 2 unspecified atom stereocenters. The second-order valence-corrected chi connectivity index (χ2v) is 9.85. The number of amidine groups is 1. The average Bonchev–Trinajstić information content (AvgIpc) is 3.06. The summed E-state index contributed by atoms with van der Waals surface area (Å²) >= 11 is 7.74. The van der Waals surface area contributed by atoms with Gasteiger partial charge in [-0.3, -0.25) is 4.99 Å². The van der Waals surface area contributed by atoms with Gasteiger partial charge in [-0.25, -0.2) is 12.8 Å². The van der Waals surface area contributed by atoms with Gasteiger partial charge in [0, 0.05) is 16.5 Å². The summed E-state index contributed by atoms with van der Waals surface area (Å²) in [4.78, 5) is 6.59. The largest absolute Gasteiger partial charge is 0.315 e. The SMILES string of the molecule is O=S1(=O)CC2N=C(SCc3ccccc3Cl)N(c3ccc(F)cc3)C2C1. The molecule has 0 radical (unpaired) electrons. The Morgan fingerprint density at radius 1 is 1.15 bits per heavy atom. The highest BCUT2D eigenvalue weighted by Gasteiger charge is 2.47. The van der Waals surface area contributed by atoms with Crippen LogP contribution in [0.4, 0.5) is 10.1 Å². The Labute approximate surface area is 161 Å². The summed E-state index contributed by atoms with van der Waals surface area (Å²) < 4.78 is 37.4. The third-order valence-electron chi connectivity index (χ3n) is 4.53. The molecule has 0 aliphatic carbocycles. The number of benzene rings is 2. The van der Waals surface area contributed by atoms with Gasteiger partial charge < -0.3 is 4.90 Å². The Kier molecular flexibility index (Phi) is 4.71. The van der Waals surface area contributed by atoms with Gasteiger partial charge >= 0.3 is 0 Å². The van der Waals surface area contributed by atoms with Gasteiger partial charge in [-0.15, -0.1) is 0 Å². The lowest BCUT2D eigenvalue weighted by Gasteiger charge is -2.26. The Bertz CT molecular complexity index is 963. The summed E-state index contributed by atoms with van der Waals surface area (Å²) in [6.07, 6.45) is 0. The number of rotatable bonds is 3. The zero-order chi connectivity index (χ0) is 18.3. The van der Waals surface area contributed by atoms with Crippen LogP contribution >= 0.6 is 23.4 Å². The third kappa shape index (κ3) is 3.48. The predicted molar refractivity (Wildman–Crippen MR) is 105 cm³/mol. The Morgan fingerprint density at radius 3 is 2.62 bits per heavy atom. The van der Waals surface area contributed by atoms with Gasteiger partial charge in [0.15, 0.2) is 15.0 Å². The van der Waals surface area contributed by atoms with E-state index in [0.717, 1.165) is 16.4 Å². The first-order chi connectivity index (χ1) is 12.4. The number of fused-ring (bicyclic) bond motifs is 1. The van der Waals surface area contributed by atoms with Crippen LogP contribution in [-0.2, 0) is 15.6 Å². The normalized spacial score (nSPS) is 23.8. The van der Waals surface area contributed by atoms with Crippen LogP contribution in [0.25, 0.3) is 0 Å². The number of halogens is 2. The third-order valence-corrected chi connectivity index (χ3v) is 7.61. The predicted octanol–water partition coefficient (Wildman–Crippen LogP) is 3.75. The molecule has 0 amide bonds. The van der Waals surface area contributed by atoms with Crippen LogP contribution in [0.5, 0.6) is 0 Å². The van der Waals surface area contributed by atoms with E-state index in [0.29, 0.717) is 10.8 Å². The van der Waals surface area contributed by atoms with Crippen molar-refractivity contribution in [3.8, 4) is 0 Å². The van der Waals surface area contributed by atoms with E-state index >= 15 is 0 Å². The molecule has 2 heterocycles. The van der Waals surface area contributed by atoms with Crippen molar-refractivity contribution in [2.45, 2.75) is 17.8 Å². The minimum Gasteiger partial charge on any atom is -0.315 e. The summed E-state index contributed by atoms with van der Waals surface area (Å²) in [6, 6.07) is 13.2. The van der Waals surface area contributed by atoms with Crippen molar-refractivity contribution in [3.05, 3.63) is 64.9 Å². The molecular formula is C18H16ClFN2O2S2. The van der Waals surface area contributed by atoms with E-state index in [-0.39, 0.29) is 29.4 Å². The number of sulfone groups is 1. The number of anilines is 1. The number of aliphatic imine (C=N–C) groups is 1.